The molecule has 22 heavy (non-hydrogen) atoms. The van der Waals surface area contributed by atoms with Gasteiger partial charge in [-0.25, -0.2) is 15.0 Å². The van der Waals surface area contributed by atoms with Gasteiger partial charge in [0, 0.05) is 13.1 Å². The highest BCUT2D eigenvalue weighted by molar-refractivity contribution is 5.82. The van der Waals surface area contributed by atoms with Crippen molar-refractivity contribution in [2.45, 2.75) is 32.1 Å². The molecule has 4 heterocycles. The molecule has 4 rings (SSSR count). The second-order valence-corrected chi connectivity index (χ2v) is 6.56. The SMILES string of the molecule is c1nc(N2CCC(C3CCCNCC3)CC2)c2[nH]cnc2n1. The maximum atomic E-state index is 4.49. The Morgan fingerprint density at radius 1 is 0.955 bits per heavy atom. The van der Waals surface area contributed by atoms with E-state index in [9.17, 15) is 0 Å². The Kier molecular flexibility index (Phi) is 3.93. The number of hydrogen-bond donors (Lipinski definition) is 2. The van der Waals surface area contributed by atoms with Gasteiger partial charge in [-0.05, 0) is 57.0 Å². The molecule has 2 aromatic rings. The number of nitrogens with one attached hydrogen (secondary N) is 2. The molecule has 0 spiro atoms. The highest BCUT2D eigenvalue weighted by atomic mass is 15.2. The Morgan fingerprint density at radius 3 is 2.73 bits per heavy atom. The average Bonchev–Trinajstić information content (AvgIpc) is 2.89. The van der Waals surface area contributed by atoms with Gasteiger partial charge in [0.1, 0.15) is 11.8 Å². The molecule has 0 saturated carbocycles. The molecule has 118 valence electrons. The highest BCUT2D eigenvalue weighted by Gasteiger charge is 2.28. The number of H-pyrrole nitrogens is 1. The standard InChI is InChI=1S/C16H24N6/c1-2-12(3-7-17-6-1)13-4-8-22(9-5-13)16-14-15(19-10-18-14)20-11-21-16/h10-13,17H,1-9H2,(H,18,19,20,21). The molecule has 0 bridgehead atoms. The molecule has 2 fully saturated rings. The largest absolute Gasteiger partial charge is 0.355 e. The van der Waals surface area contributed by atoms with E-state index < -0.39 is 0 Å². The Balaban J connectivity index is 1.44. The summed E-state index contributed by atoms with van der Waals surface area (Å²) in [6.07, 6.45) is 9.98. The van der Waals surface area contributed by atoms with Crippen molar-refractivity contribution in [3.63, 3.8) is 0 Å². The van der Waals surface area contributed by atoms with Crippen LogP contribution in [0.4, 0.5) is 5.82 Å². The molecule has 2 aromatic heterocycles. The number of imidazole rings is 1. The van der Waals surface area contributed by atoms with Crippen molar-refractivity contribution in [1.82, 2.24) is 25.3 Å². The fourth-order valence-electron chi connectivity index (χ4n) is 4.09. The number of nitrogens with zero attached hydrogens (tertiary/aromatic N) is 4. The topological polar surface area (TPSA) is 69.7 Å². The summed E-state index contributed by atoms with van der Waals surface area (Å²) in [5.41, 5.74) is 1.74. The van der Waals surface area contributed by atoms with Crippen LogP contribution in [0.25, 0.3) is 11.2 Å². The van der Waals surface area contributed by atoms with Crippen LogP contribution in [0, 0.1) is 11.8 Å². The minimum absolute atomic E-state index is 0.766. The first kappa shape index (κ1) is 13.9. The maximum Gasteiger partial charge on any atom is 0.182 e. The molecule has 6 nitrogen and oxygen atoms in total. The van der Waals surface area contributed by atoms with Crippen molar-refractivity contribution in [2.24, 2.45) is 11.8 Å². The van der Waals surface area contributed by atoms with Crippen LogP contribution in [-0.4, -0.2) is 46.1 Å². The summed E-state index contributed by atoms with van der Waals surface area (Å²) in [5, 5.41) is 3.53. The fourth-order valence-corrected chi connectivity index (χ4v) is 4.09. The van der Waals surface area contributed by atoms with Crippen molar-refractivity contribution < 1.29 is 0 Å². The summed E-state index contributed by atoms with van der Waals surface area (Å²) in [7, 11) is 0. The number of anilines is 1. The summed E-state index contributed by atoms with van der Waals surface area (Å²) >= 11 is 0. The van der Waals surface area contributed by atoms with E-state index in [1.807, 2.05) is 0 Å². The molecule has 0 radical (unpaired) electrons. The molecule has 1 atom stereocenters. The first-order valence-electron chi connectivity index (χ1n) is 8.51. The minimum atomic E-state index is 0.766. The average molecular weight is 300 g/mol. The lowest BCUT2D eigenvalue weighted by atomic mass is 9.80. The Bertz CT molecular complexity index is 608. The van der Waals surface area contributed by atoms with Gasteiger partial charge in [-0.1, -0.05) is 0 Å². The van der Waals surface area contributed by atoms with Crippen molar-refractivity contribution in [2.75, 3.05) is 31.1 Å². The van der Waals surface area contributed by atoms with E-state index in [1.54, 1.807) is 12.7 Å². The number of aromatic nitrogens is 4. The Labute approximate surface area is 130 Å². The second kappa shape index (κ2) is 6.20. The fraction of sp³-hybridized carbons (Fsp3) is 0.688. The van der Waals surface area contributed by atoms with Crippen LogP contribution < -0.4 is 10.2 Å². The van der Waals surface area contributed by atoms with Crippen molar-refractivity contribution in [3.05, 3.63) is 12.7 Å². The summed E-state index contributed by atoms with van der Waals surface area (Å²) in [4.78, 5) is 18.5. The number of piperidine rings is 1. The van der Waals surface area contributed by atoms with Crippen LogP contribution in [0.5, 0.6) is 0 Å². The summed E-state index contributed by atoms with van der Waals surface area (Å²) < 4.78 is 0. The van der Waals surface area contributed by atoms with Gasteiger partial charge < -0.3 is 15.2 Å². The summed E-state index contributed by atoms with van der Waals surface area (Å²) in [5.74, 6) is 2.81. The van der Waals surface area contributed by atoms with E-state index in [-0.39, 0.29) is 0 Å². The van der Waals surface area contributed by atoms with E-state index in [2.05, 4.69) is 30.2 Å². The smallest absolute Gasteiger partial charge is 0.182 e. The van der Waals surface area contributed by atoms with E-state index >= 15 is 0 Å². The first-order valence-corrected chi connectivity index (χ1v) is 8.51. The van der Waals surface area contributed by atoms with Crippen LogP contribution in [0.1, 0.15) is 32.1 Å². The predicted molar refractivity (Wildman–Crippen MR) is 86.8 cm³/mol. The van der Waals surface area contributed by atoms with Crippen molar-refractivity contribution in [3.8, 4) is 0 Å². The van der Waals surface area contributed by atoms with Crippen LogP contribution in [-0.2, 0) is 0 Å². The molecule has 2 aliphatic rings. The molecule has 6 heteroatoms. The Hall–Kier alpha value is -1.69. The van der Waals surface area contributed by atoms with E-state index in [4.69, 9.17) is 0 Å². The van der Waals surface area contributed by atoms with Gasteiger partial charge in [-0.2, -0.15) is 0 Å². The third-order valence-electron chi connectivity index (χ3n) is 5.33. The van der Waals surface area contributed by atoms with Gasteiger partial charge in [-0.15, -0.1) is 0 Å². The zero-order valence-electron chi connectivity index (χ0n) is 13.0. The van der Waals surface area contributed by atoms with Crippen LogP contribution in [0.3, 0.4) is 0 Å². The third-order valence-corrected chi connectivity index (χ3v) is 5.33. The second-order valence-electron chi connectivity index (χ2n) is 6.56. The monoisotopic (exact) mass is 300 g/mol. The molecular formula is C16H24N6. The lowest BCUT2D eigenvalue weighted by molar-refractivity contribution is 0.253. The van der Waals surface area contributed by atoms with E-state index in [1.165, 1.54) is 45.2 Å². The molecule has 0 amide bonds. The van der Waals surface area contributed by atoms with Crippen molar-refractivity contribution in [1.29, 1.82) is 0 Å². The number of aromatic amines is 1. The lowest BCUT2D eigenvalue weighted by Gasteiger charge is -2.36. The Morgan fingerprint density at radius 2 is 1.82 bits per heavy atom. The molecule has 0 aliphatic carbocycles. The van der Waals surface area contributed by atoms with Crippen LogP contribution in [0.2, 0.25) is 0 Å². The molecule has 0 aromatic carbocycles. The van der Waals surface area contributed by atoms with Gasteiger partial charge in [0.15, 0.2) is 11.5 Å². The molecule has 2 N–H and O–H groups in total. The quantitative estimate of drug-likeness (QED) is 0.887. The summed E-state index contributed by atoms with van der Waals surface area (Å²) in [6.45, 7) is 4.60. The van der Waals surface area contributed by atoms with Gasteiger partial charge >= 0.3 is 0 Å². The molecule has 2 saturated heterocycles. The van der Waals surface area contributed by atoms with E-state index in [0.717, 1.165) is 41.9 Å². The van der Waals surface area contributed by atoms with E-state index in [0.29, 0.717) is 0 Å². The number of fused-ring (bicyclic) bond motifs is 1. The first-order chi connectivity index (χ1) is 10.9. The minimum Gasteiger partial charge on any atom is -0.355 e. The zero-order valence-corrected chi connectivity index (χ0v) is 13.0. The third kappa shape index (κ3) is 2.67. The van der Waals surface area contributed by atoms with Crippen LogP contribution in [0.15, 0.2) is 12.7 Å². The highest BCUT2D eigenvalue weighted by Crippen LogP contribution is 2.33. The molecule has 2 aliphatic heterocycles. The number of rotatable bonds is 2. The number of hydrogen-bond acceptors (Lipinski definition) is 5. The molecular weight excluding hydrogens is 276 g/mol. The van der Waals surface area contributed by atoms with Crippen molar-refractivity contribution >= 4 is 17.0 Å². The normalized spacial score (nSPS) is 24.5. The van der Waals surface area contributed by atoms with Gasteiger partial charge in [0.25, 0.3) is 0 Å². The predicted octanol–water partition coefficient (Wildman–Crippen LogP) is 1.96. The van der Waals surface area contributed by atoms with Gasteiger partial charge in [-0.3, -0.25) is 0 Å². The zero-order chi connectivity index (χ0) is 14.8. The summed E-state index contributed by atoms with van der Waals surface area (Å²) in [6, 6.07) is 0. The van der Waals surface area contributed by atoms with Crippen LogP contribution >= 0.6 is 0 Å². The lowest BCUT2D eigenvalue weighted by Crippen LogP contribution is -2.37. The van der Waals surface area contributed by atoms with Gasteiger partial charge in [0.05, 0.1) is 6.33 Å². The van der Waals surface area contributed by atoms with Gasteiger partial charge in [0.2, 0.25) is 0 Å². The molecule has 1 unspecified atom stereocenters. The maximum absolute atomic E-state index is 4.49.